The molecule has 7 heteroatoms. The second-order valence-electron chi connectivity index (χ2n) is 7.74. The minimum atomic E-state index is -1.21. The highest BCUT2D eigenvalue weighted by atomic mass is 16.6. The number of ether oxygens (including phenoxy) is 1. The fourth-order valence-corrected chi connectivity index (χ4v) is 3.29. The van der Waals surface area contributed by atoms with E-state index < -0.39 is 29.4 Å². The largest absolute Gasteiger partial charge is 0.478 e. The van der Waals surface area contributed by atoms with Crippen molar-refractivity contribution in [1.82, 2.24) is 5.32 Å². The molecule has 0 fully saturated rings. The number of carbonyl (C=O) groups excluding carboxylic acids is 1. The summed E-state index contributed by atoms with van der Waals surface area (Å²) in [6.07, 6.45) is 2.76. The molecular formula is C22H25NO6. The molecule has 0 atom stereocenters. The van der Waals surface area contributed by atoms with Crippen molar-refractivity contribution in [1.29, 1.82) is 0 Å². The average Bonchev–Trinajstić information content (AvgIpc) is 2.57. The predicted octanol–water partition coefficient (Wildman–Crippen LogP) is 3.45. The quantitative estimate of drug-likeness (QED) is 0.513. The summed E-state index contributed by atoms with van der Waals surface area (Å²) < 4.78 is 5.25. The number of carboxylic acids is 2. The Balaban J connectivity index is 2.59. The maximum absolute atomic E-state index is 12.0. The van der Waals surface area contributed by atoms with Gasteiger partial charge < -0.3 is 20.3 Å². The molecule has 0 saturated carbocycles. The summed E-state index contributed by atoms with van der Waals surface area (Å²) in [6, 6.07) is 6.79. The zero-order valence-corrected chi connectivity index (χ0v) is 17.1. The normalized spacial score (nSPS) is 15.5. The summed E-state index contributed by atoms with van der Waals surface area (Å²) in [4.78, 5) is 35.9. The standard InChI is InChI=1S/C22H25NO6/c1-12-17(20(25)26)19(18(21(27)28)13(2)23-12)15-9-7-6-8-14(15)10-11-16(24)29-22(3,4)5/h6-11,19,23H,1-5H3,(H,25,26)(H,27,28). The molecule has 1 aliphatic heterocycles. The number of hydrogen-bond acceptors (Lipinski definition) is 5. The Morgan fingerprint density at radius 2 is 1.52 bits per heavy atom. The Morgan fingerprint density at radius 1 is 1.00 bits per heavy atom. The number of carbonyl (C=O) groups is 3. The molecule has 0 aromatic heterocycles. The van der Waals surface area contributed by atoms with Gasteiger partial charge in [0.05, 0.1) is 17.1 Å². The van der Waals surface area contributed by atoms with E-state index >= 15 is 0 Å². The van der Waals surface area contributed by atoms with Crippen LogP contribution in [0.2, 0.25) is 0 Å². The lowest BCUT2D eigenvalue weighted by molar-refractivity contribution is -0.148. The van der Waals surface area contributed by atoms with Gasteiger partial charge in [0.2, 0.25) is 0 Å². The molecular weight excluding hydrogens is 374 g/mol. The van der Waals surface area contributed by atoms with E-state index in [2.05, 4.69) is 5.32 Å². The molecule has 29 heavy (non-hydrogen) atoms. The van der Waals surface area contributed by atoms with Crippen molar-refractivity contribution in [3.63, 3.8) is 0 Å². The van der Waals surface area contributed by atoms with Crippen LogP contribution in [0.15, 0.2) is 52.9 Å². The Labute approximate surface area is 169 Å². The number of aliphatic carboxylic acids is 2. The Bertz CT molecular complexity index is 910. The van der Waals surface area contributed by atoms with Gasteiger partial charge in [-0.1, -0.05) is 24.3 Å². The number of dihydropyridines is 1. The van der Waals surface area contributed by atoms with E-state index in [-0.39, 0.29) is 11.1 Å². The van der Waals surface area contributed by atoms with Crippen molar-refractivity contribution in [3.8, 4) is 0 Å². The van der Waals surface area contributed by atoms with Crippen LogP contribution in [0, 0.1) is 0 Å². The van der Waals surface area contributed by atoms with Gasteiger partial charge in [0.25, 0.3) is 0 Å². The first-order valence-electron chi connectivity index (χ1n) is 9.07. The molecule has 1 heterocycles. The number of allylic oxidation sites excluding steroid dienone is 2. The van der Waals surface area contributed by atoms with Crippen molar-refractivity contribution in [2.24, 2.45) is 0 Å². The summed E-state index contributed by atoms with van der Waals surface area (Å²) in [5, 5.41) is 22.4. The molecule has 7 nitrogen and oxygen atoms in total. The second kappa shape index (κ2) is 8.34. The molecule has 0 radical (unpaired) electrons. The zero-order valence-electron chi connectivity index (χ0n) is 17.1. The number of esters is 1. The molecule has 0 unspecified atom stereocenters. The first-order chi connectivity index (χ1) is 13.4. The predicted molar refractivity (Wildman–Crippen MR) is 108 cm³/mol. The molecule has 154 valence electrons. The van der Waals surface area contributed by atoms with Gasteiger partial charge >= 0.3 is 17.9 Å². The van der Waals surface area contributed by atoms with Gasteiger partial charge in [-0.25, -0.2) is 14.4 Å². The molecule has 3 N–H and O–H groups in total. The van der Waals surface area contributed by atoms with E-state index in [1.807, 2.05) is 0 Å². The van der Waals surface area contributed by atoms with Gasteiger partial charge in [-0.2, -0.15) is 0 Å². The van der Waals surface area contributed by atoms with Gasteiger partial charge in [0, 0.05) is 17.5 Å². The van der Waals surface area contributed by atoms with Crippen LogP contribution >= 0.6 is 0 Å². The lowest BCUT2D eigenvalue weighted by atomic mass is 9.78. The Kier molecular flexibility index (Phi) is 6.31. The van der Waals surface area contributed by atoms with Crippen LogP contribution in [0.3, 0.4) is 0 Å². The van der Waals surface area contributed by atoms with Crippen LogP contribution in [0.1, 0.15) is 51.7 Å². The molecule has 1 aromatic rings. The SMILES string of the molecule is CC1=C(C(=O)O)C(c2ccccc2C=CC(=O)OC(C)(C)C)C(C(=O)O)=C(C)N1. The van der Waals surface area contributed by atoms with Gasteiger partial charge in [-0.3, -0.25) is 0 Å². The fraction of sp³-hybridized carbons (Fsp3) is 0.318. The van der Waals surface area contributed by atoms with Crippen LogP contribution in [0.4, 0.5) is 0 Å². The molecule has 1 aromatic carbocycles. The topological polar surface area (TPSA) is 113 Å². The molecule has 0 aliphatic carbocycles. The molecule has 0 bridgehead atoms. The first kappa shape index (κ1) is 21.9. The third-order valence-corrected chi connectivity index (χ3v) is 4.33. The molecule has 0 spiro atoms. The molecule has 2 rings (SSSR count). The smallest absolute Gasteiger partial charge is 0.334 e. The highest BCUT2D eigenvalue weighted by Gasteiger charge is 2.37. The van der Waals surface area contributed by atoms with E-state index in [0.29, 0.717) is 22.5 Å². The minimum Gasteiger partial charge on any atom is -0.478 e. The van der Waals surface area contributed by atoms with Crippen molar-refractivity contribution in [2.45, 2.75) is 46.1 Å². The van der Waals surface area contributed by atoms with E-state index in [4.69, 9.17) is 4.74 Å². The van der Waals surface area contributed by atoms with E-state index in [1.165, 1.54) is 12.2 Å². The van der Waals surface area contributed by atoms with E-state index in [1.54, 1.807) is 58.9 Å². The van der Waals surface area contributed by atoms with Crippen LogP contribution in [0.5, 0.6) is 0 Å². The third-order valence-electron chi connectivity index (χ3n) is 4.33. The summed E-state index contributed by atoms with van der Waals surface area (Å²) in [6.45, 7) is 8.44. The fourth-order valence-electron chi connectivity index (χ4n) is 3.29. The van der Waals surface area contributed by atoms with Gasteiger partial charge in [0.15, 0.2) is 0 Å². The van der Waals surface area contributed by atoms with Crippen molar-refractivity contribution < 1.29 is 29.3 Å². The maximum Gasteiger partial charge on any atom is 0.334 e. The van der Waals surface area contributed by atoms with Gasteiger partial charge in [-0.15, -0.1) is 0 Å². The van der Waals surface area contributed by atoms with Crippen LogP contribution in [-0.4, -0.2) is 33.7 Å². The van der Waals surface area contributed by atoms with Crippen LogP contribution in [-0.2, 0) is 19.1 Å². The summed E-state index contributed by atoms with van der Waals surface area (Å²) >= 11 is 0. The Hall–Kier alpha value is -3.35. The van der Waals surface area contributed by atoms with E-state index in [9.17, 15) is 24.6 Å². The molecule has 1 aliphatic rings. The maximum atomic E-state index is 12.0. The summed E-state index contributed by atoms with van der Waals surface area (Å²) in [7, 11) is 0. The summed E-state index contributed by atoms with van der Waals surface area (Å²) in [5.74, 6) is -3.96. The zero-order chi connectivity index (χ0) is 21.9. The number of nitrogens with one attached hydrogen (secondary N) is 1. The molecule has 0 saturated heterocycles. The number of carboxylic acid groups (broad SMARTS) is 2. The summed E-state index contributed by atoms with van der Waals surface area (Å²) in [5.41, 5.74) is 0.998. The van der Waals surface area contributed by atoms with E-state index in [0.717, 1.165) is 0 Å². The molecule has 0 amide bonds. The van der Waals surface area contributed by atoms with Crippen molar-refractivity contribution >= 4 is 24.0 Å². The van der Waals surface area contributed by atoms with Crippen molar-refractivity contribution in [2.75, 3.05) is 0 Å². The van der Waals surface area contributed by atoms with Crippen molar-refractivity contribution in [3.05, 3.63) is 64.0 Å². The highest BCUT2D eigenvalue weighted by molar-refractivity contribution is 5.99. The average molecular weight is 399 g/mol. The highest BCUT2D eigenvalue weighted by Crippen LogP contribution is 2.39. The first-order valence-corrected chi connectivity index (χ1v) is 9.07. The monoisotopic (exact) mass is 399 g/mol. The van der Waals surface area contributed by atoms with Gasteiger partial charge in [-0.05, 0) is 51.8 Å². The van der Waals surface area contributed by atoms with Gasteiger partial charge in [0.1, 0.15) is 5.60 Å². The second-order valence-corrected chi connectivity index (χ2v) is 7.74. The third kappa shape index (κ3) is 5.13. The Morgan fingerprint density at radius 3 is 2.00 bits per heavy atom. The lowest BCUT2D eigenvalue weighted by Gasteiger charge is -2.29. The van der Waals surface area contributed by atoms with Crippen LogP contribution < -0.4 is 5.32 Å². The van der Waals surface area contributed by atoms with Crippen LogP contribution in [0.25, 0.3) is 6.08 Å². The number of benzene rings is 1. The lowest BCUT2D eigenvalue weighted by Crippen LogP contribution is -2.31. The number of rotatable bonds is 5. The minimum absolute atomic E-state index is 0.0499. The number of hydrogen-bond donors (Lipinski definition) is 3.